The molecule has 1 atom stereocenters. The van der Waals surface area contributed by atoms with Crippen molar-refractivity contribution < 1.29 is 4.79 Å². The quantitative estimate of drug-likeness (QED) is 0.914. The molecule has 1 aromatic rings. The molecule has 0 radical (unpaired) electrons. The Bertz CT molecular complexity index is 525. The average Bonchev–Trinajstić information content (AvgIpc) is 2.74. The van der Waals surface area contributed by atoms with Crippen molar-refractivity contribution in [1.82, 2.24) is 0 Å². The minimum atomic E-state index is -0.0611. The molecule has 0 aromatic carbocycles. The van der Waals surface area contributed by atoms with Crippen LogP contribution in [0.15, 0.2) is 0 Å². The highest BCUT2D eigenvalue weighted by molar-refractivity contribution is 7.16. The lowest BCUT2D eigenvalue weighted by molar-refractivity contribution is -0.118. The van der Waals surface area contributed by atoms with E-state index in [1.807, 2.05) is 13.8 Å². The van der Waals surface area contributed by atoms with Crippen LogP contribution in [0.25, 0.3) is 0 Å². The van der Waals surface area contributed by atoms with Gasteiger partial charge in [0.15, 0.2) is 0 Å². The summed E-state index contributed by atoms with van der Waals surface area (Å²) in [5.74, 6) is 0.655. The summed E-state index contributed by atoms with van der Waals surface area (Å²) in [5, 5.41) is 13.0. The van der Waals surface area contributed by atoms with Crippen LogP contribution in [-0.4, -0.2) is 5.91 Å². The van der Waals surface area contributed by atoms with Gasteiger partial charge in [0, 0.05) is 10.8 Å². The Labute approximate surface area is 118 Å². The summed E-state index contributed by atoms with van der Waals surface area (Å²) in [7, 11) is 0. The molecule has 1 heterocycles. The first-order valence-electron chi connectivity index (χ1n) is 6.92. The summed E-state index contributed by atoms with van der Waals surface area (Å²) in [6.45, 7) is 5.94. The van der Waals surface area contributed by atoms with Crippen molar-refractivity contribution >= 4 is 22.2 Å². The first kappa shape index (κ1) is 14.1. The molecular weight excluding hydrogens is 256 g/mol. The number of nitrogens with one attached hydrogen (secondary N) is 1. The van der Waals surface area contributed by atoms with Gasteiger partial charge in [0.25, 0.3) is 0 Å². The first-order valence-corrected chi connectivity index (χ1v) is 7.73. The van der Waals surface area contributed by atoms with E-state index in [1.165, 1.54) is 16.9 Å². The number of nitriles is 1. The predicted octanol–water partition coefficient (Wildman–Crippen LogP) is 3.73. The molecule has 1 aliphatic carbocycles. The minimum absolute atomic E-state index is 0.0119. The fourth-order valence-corrected chi connectivity index (χ4v) is 3.78. The molecule has 1 N–H and O–H groups in total. The second kappa shape index (κ2) is 5.75. The molecule has 0 saturated heterocycles. The zero-order valence-corrected chi connectivity index (χ0v) is 12.6. The molecule has 0 saturated carbocycles. The van der Waals surface area contributed by atoms with Crippen molar-refractivity contribution in [2.45, 2.75) is 46.5 Å². The van der Waals surface area contributed by atoms with Gasteiger partial charge in [-0.05, 0) is 30.7 Å². The number of hydrogen-bond acceptors (Lipinski definition) is 3. The van der Waals surface area contributed by atoms with E-state index in [1.54, 1.807) is 11.3 Å². The molecule has 4 heteroatoms. The van der Waals surface area contributed by atoms with E-state index in [0.717, 1.165) is 30.2 Å². The van der Waals surface area contributed by atoms with E-state index >= 15 is 0 Å². The van der Waals surface area contributed by atoms with E-state index in [9.17, 15) is 10.1 Å². The topological polar surface area (TPSA) is 52.9 Å². The lowest BCUT2D eigenvalue weighted by Gasteiger charge is -2.20. The van der Waals surface area contributed by atoms with Gasteiger partial charge in [-0.15, -0.1) is 11.3 Å². The van der Waals surface area contributed by atoms with Crippen LogP contribution < -0.4 is 5.32 Å². The van der Waals surface area contributed by atoms with Gasteiger partial charge in [-0.2, -0.15) is 5.26 Å². The monoisotopic (exact) mass is 276 g/mol. The van der Waals surface area contributed by atoms with Crippen molar-refractivity contribution in [3.8, 4) is 6.07 Å². The van der Waals surface area contributed by atoms with E-state index < -0.39 is 0 Å². The Morgan fingerprint density at radius 2 is 2.32 bits per heavy atom. The summed E-state index contributed by atoms with van der Waals surface area (Å²) < 4.78 is 0. The molecule has 0 spiro atoms. The lowest BCUT2D eigenvalue weighted by Crippen LogP contribution is -2.17. The van der Waals surface area contributed by atoms with Crippen molar-refractivity contribution in [3.63, 3.8) is 0 Å². The van der Waals surface area contributed by atoms with E-state index in [2.05, 4.69) is 18.3 Å². The second-order valence-corrected chi connectivity index (χ2v) is 6.59. The fourth-order valence-electron chi connectivity index (χ4n) is 2.47. The molecule has 1 aliphatic rings. The molecule has 0 aliphatic heterocycles. The third-order valence-corrected chi connectivity index (χ3v) is 4.99. The van der Waals surface area contributed by atoms with Gasteiger partial charge in [0.2, 0.25) is 5.91 Å². The zero-order valence-electron chi connectivity index (χ0n) is 11.7. The summed E-state index contributed by atoms with van der Waals surface area (Å²) in [4.78, 5) is 13.1. The Morgan fingerprint density at radius 3 is 2.89 bits per heavy atom. The highest BCUT2D eigenvalue weighted by Crippen LogP contribution is 2.40. The molecule has 1 aromatic heterocycles. The Kier molecular flexibility index (Phi) is 4.26. The maximum absolute atomic E-state index is 11.8. The molecule has 0 bridgehead atoms. The van der Waals surface area contributed by atoms with Crippen LogP contribution >= 0.6 is 11.3 Å². The molecule has 0 unspecified atom stereocenters. The molecule has 2 rings (SSSR count). The largest absolute Gasteiger partial charge is 0.316 e. The SMILES string of the molecule is CC[C@H]1CCc2c(sc(NC(=O)C(C)C)c2C#N)C1. The Balaban J connectivity index is 2.29. The van der Waals surface area contributed by atoms with Gasteiger partial charge >= 0.3 is 0 Å². The van der Waals surface area contributed by atoms with Crippen molar-refractivity contribution in [1.29, 1.82) is 5.26 Å². The minimum Gasteiger partial charge on any atom is -0.316 e. The number of nitrogens with zero attached hydrogens (tertiary/aromatic N) is 1. The Morgan fingerprint density at radius 1 is 1.58 bits per heavy atom. The van der Waals surface area contributed by atoms with Crippen molar-refractivity contribution in [2.24, 2.45) is 11.8 Å². The molecular formula is C15H20N2OS. The number of fused-ring (bicyclic) bond motifs is 1. The number of carbonyl (C=O) groups excluding carboxylic acids is 1. The number of amides is 1. The van der Waals surface area contributed by atoms with Crippen LogP contribution in [0, 0.1) is 23.2 Å². The second-order valence-electron chi connectivity index (χ2n) is 5.48. The number of anilines is 1. The van der Waals surface area contributed by atoms with Crippen molar-refractivity contribution in [3.05, 3.63) is 16.0 Å². The van der Waals surface area contributed by atoms with Crippen LogP contribution in [0.5, 0.6) is 0 Å². The summed E-state index contributed by atoms with van der Waals surface area (Å²) in [6.07, 6.45) is 4.38. The fraction of sp³-hybridized carbons (Fsp3) is 0.600. The number of carbonyl (C=O) groups is 1. The van der Waals surface area contributed by atoms with Gasteiger partial charge in [-0.1, -0.05) is 27.2 Å². The molecule has 3 nitrogen and oxygen atoms in total. The normalized spacial score (nSPS) is 17.9. The smallest absolute Gasteiger partial charge is 0.227 e. The third-order valence-electron chi connectivity index (χ3n) is 3.82. The summed E-state index contributed by atoms with van der Waals surface area (Å²) >= 11 is 1.60. The molecule has 0 fully saturated rings. The number of rotatable bonds is 3. The van der Waals surface area contributed by atoms with Crippen LogP contribution in [-0.2, 0) is 17.6 Å². The summed E-state index contributed by atoms with van der Waals surface area (Å²) in [6, 6.07) is 2.28. The lowest BCUT2D eigenvalue weighted by atomic mass is 9.86. The Hall–Kier alpha value is -1.34. The summed E-state index contributed by atoms with van der Waals surface area (Å²) in [5.41, 5.74) is 1.87. The van der Waals surface area contributed by atoms with E-state index in [-0.39, 0.29) is 11.8 Å². The van der Waals surface area contributed by atoms with Crippen LogP contribution in [0.4, 0.5) is 5.00 Å². The highest BCUT2D eigenvalue weighted by Gasteiger charge is 2.25. The van der Waals surface area contributed by atoms with Crippen LogP contribution in [0.3, 0.4) is 0 Å². The maximum Gasteiger partial charge on any atom is 0.227 e. The van der Waals surface area contributed by atoms with Gasteiger partial charge in [-0.25, -0.2) is 0 Å². The predicted molar refractivity (Wildman–Crippen MR) is 78.3 cm³/mol. The van der Waals surface area contributed by atoms with Gasteiger partial charge < -0.3 is 5.32 Å². The molecule has 1 amide bonds. The highest BCUT2D eigenvalue weighted by atomic mass is 32.1. The maximum atomic E-state index is 11.8. The van der Waals surface area contributed by atoms with Gasteiger partial charge in [0.05, 0.1) is 5.56 Å². The standard InChI is InChI=1S/C15H20N2OS/c1-4-10-5-6-11-12(8-16)15(19-13(11)7-10)17-14(18)9(2)3/h9-10H,4-7H2,1-3H3,(H,17,18)/t10-/m0/s1. The third kappa shape index (κ3) is 2.82. The number of thiophene rings is 1. The number of hydrogen-bond donors (Lipinski definition) is 1. The molecule has 102 valence electrons. The van der Waals surface area contributed by atoms with Crippen molar-refractivity contribution in [2.75, 3.05) is 5.32 Å². The first-order chi connectivity index (χ1) is 9.06. The van der Waals surface area contributed by atoms with Gasteiger partial charge in [0.1, 0.15) is 11.1 Å². The van der Waals surface area contributed by atoms with Crippen LogP contribution in [0.1, 0.15) is 49.6 Å². The molecule has 19 heavy (non-hydrogen) atoms. The van der Waals surface area contributed by atoms with Crippen LogP contribution in [0.2, 0.25) is 0 Å². The van der Waals surface area contributed by atoms with Gasteiger partial charge in [-0.3, -0.25) is 4.79 Å². The van der Waals surface area contributed by atoms with E-state index in [0.29, 0.717) is 5.56 Å². The van der Waals surface area contributed by atoms with E-state index in [4.69, 9.17) is 0 Å². The zero-order chi connectivity index (χ0) is 14.0. The average molecular weight is 276 g/mol.